The van der Waals surface area contributed by atoms with Gasteiger partial charge in [-0.3, -0.25) is 13.9 Å². The van der Waals surface area contributed by atoms with Crippen molar-refractivity contribution in [1.82, 2.24) is 10.2 Å². The molecule has 9 heteroatoms. The van der Waals surface area contributed by atoms with Crippen LogP contribution in [0, 0.1) is 13.8 Å². The molecule has 4 aromatic rings. The van der Waals surface area contributed by atoms with Gasteiger partial charge in [0.15, 0.2) is 0 Å². The van der Waals surface area contributed by atoms with Crippen molar-refractivity contribution in [2.24, 2.45) is 0 Å². The highest BCUT2D eigenvalue weighted by molar-refractivity contribution is 7.92. The number of aryl methyl sites for hydroxylation is 2. The van der Waals surface area contributed by atoms with Crippen molar-refractivity contribution in [1.29, 1.82) is 0 Å². The predicted octanol–water partition coefficient (Wildman–Crippen LogP) is 7.16. The highest BCUT2D eigenvalue weighted by atomic mass is 32.2. The number of sulfonamides is 1. The summed E-state index contributed by atoms with van der Waals surface area (Å²) >= 11 is 0. The van der Waals surface area contributed by atoms with Crippen molar-refractivity contribution in [3.63, 3.8) is 0 Å². The lowest BCUT2D eigenvalue weighted by Gasteiger charge is -2.33. The lowest BCUT2D eigenvalue weighted by molar-refractivity contribution is -0.139. The number of anilines is 1. The molecule has 0 aliphatic heterocycles. The zero-order valence-corrected chi connectivity index (χ0v) is 28.1. The highest BCUT2D eigenvalue weighted by Gasteiger charge is 2.33. The van der Waals surface area contributed by atoms with Crippen molar-refractivity contribution in [2.45, 2.75) is 76.4 Å². The minimum atomic E-state index is -4.17. The summed E-state index contributed by atoms with van der Waals surface area (Å²) in [5.74, 6) is 0.436. The quantitative estimate of drug-likeness (QED) is 0.175. The van der Waals surface area contributed by atoms with Gasteiger partial charge >= 0.3 is 0 Å². The Morgan fingerprint density at radius 1 is 0.809 bits per heavy atom. The van der Waals surface area contributed by atoms with Gasteiger partial charge in [-0.05, 0) is 87.7 Å². The number of rotatable bonds is 12. The molecule has 1 saturated carbocycles. The minimum Gasteiger partial charge on any atom is -0.457 e. The molecule has 0 spiro atoms. The van der Waals surface area contributed by atoms with E-state index < -0.39 is 28.5 Å². The normalized spacial score (nSPS) is 14.2. The van der Waals surface area contributed by atoms with Gasteiger partial charge in [0, 0.05) is 12.6 Å². The Morgan fingerprint density at radius 2 is 1.47 bits per heavy atom. The number of nitrogens with one attached hydrogen (secondary N) is 1. The summed E-state index contributed by atoms with van der Waals surface area (Å²) in [6.45, 7) is 5.21. The molecule has 246 valence electrons. The third kappa shape index (κ3) is 8.80. The van der Waals surface area contributed by atoms with Crippen molar-refractivity contribution in [3.8, 4) is 11.5 Å². The molecule has 0 saturated heterocycles. The monoisotopic (exact) mass is 653 g/mol. The van der Waals surface area contributed by atoms with Crippen molar-refractivity contribution >= 4 is 27.5 Å². The number of carbonyl (C=O) groups excluding carboxylic acids is 2. The molecular weight excluding hydrogens is 611 g/mol. The van der Waals surface area contributed by atoms with Gasteiger partial charge in [-0.2, -0.15) is 0 Å². The van der Waals surface area contributed by atoms with Crippen LogP contribution in [0.1, 0.15) is 55.7 Å². The van der Waals surface area contributed by atoms with Crippen LogP contribution in [-0.4, -0.2) is 43.8 Å². The fraction of sp³-hybridized carbons (Fsp3) is 0.316. The van der Waals surface area contributed by atoms with E-state index in [2.05, 4.69) is 5.32 Å². The second-order valence-electron chi connectivity index (χ2n) is 12.3. The molecule has 5 rings (SSSR count). The zero-order valence-electron chi connectivity index (χ0n) is 27.3. The lowest BCUT2D eigenvalue weighted by atomic mass is 9.95. The average Bonchev–Trinajstić information content (AvgIpc) is 3.07. The summed E-state index contributed by atoms with van der Waals surface area (Å²) in [7, 11) is -4.17. The first kappa shape index (κ1) is 33.7. The summed E-state index contributed by atoms with van der Waals surface area (Å²) in [5.41, 5.74) is 3.09. The summed E-state index contributed by atoms with van der Waals surface area (Å²) in [5, 5.41) is 3.15. The van der Waals surface area contributed by atoms with Crippen LogP contribution in [0.25, 0.3) is 0 Å². The number of para-hydroxylation sites is 1. The summed E-state index contributed by atoms with van der Waals surface area (Å²) in [6, 6.07) is 29.4. The number of amides is 2. The van der Waals surface area contributed by atoms with Crippen LogP contribution in [-0.2, 0) is 26.2 Å². The fourth-order valence-corrected chi connectivity index (χ4v) is 7.24. The Labute approximate surface area is 278 Å². The van der Waals surface area contributed by atoms with E-state index in [1.165, 1.54) is 4.90 Å². The number of hydrogen-bond acceptors (Lipinski definition) is 5. The maximum Gasteiger partial charge on any atom is 0.264 e. The van der Waals surface area contributed by atoms with Crippen LogP contribution in [0.5, 0.6) is 11.5 Å². The van der Waals surface area contributed by atoms with Crippen molar-refractivity contribution in [2.75, 3.05) is 10.8 Å². The number of ether oxygens (including phenoxy) is 1. The molecule has 8 nitrogen and oxygen atoms in total. The lowest BCUT2D eigenvalue weighted by Crippen LogP contribution is -2.53. The molecule has 0 unspecified atom stereocenters. The van der Waals surface area contributed by atoms with Crippen molar-refractivity contribution < 1.29 is 22.7 Å². The second-order valence-corrected chi connectivity index (χ2v) is 14.1. The molecule has 1 atom stereocenters. The zero-order chi connectivity index (χ0) is 33.4. The van der Waals surface area contributed by atoms with Crippen molar-refractivity contribution in [3.05, 3.63) is 120 Å². The van der Waals surface area contributed by atoms with E-state index >= 15 is 0 Å². The predicted molar refractivity (Wildman–Crippen MR) is 185 cm³/mol. The third-order valence-corrected chi connectivity index (χ3v) is 10.3. The fourth-order valence-electron chi connectivity index (χ4n) is 5.83. The van der Waals surface area contributed by atoms with Gasteiger partial charge in [-0.15, -0.1) is 0 Å². The van der Waals surface area contributed by atoms with Gasteiger partial charge < -0.3 is 15.0 Å². The van der Waals surface area contributed by atoms with E-state index in [0.717, 1.165) is 53.1 Å². The van der Waals surface area contributed by atoms with E-state index in [-0.39, 0.29) is 23.4 Å². The molecule has 0 bridgehead atoms. The van der Waals surface area contributed by atoms with Crippen LogP contribution in [0.15, 0.2) is 108 Å². The standard InChI is InChI=1S/C38H43N3O5S/c1-28-17-23-36(24-18-28)47(44,45)41(33-19-21-35(22-20-33)46-34-15-8-5-9-16-34)27-37(42)40(26-31-12-10-11-29(2)25-31)30(3)38(43)39-32-13-6-4-7-14-32/h5,8-12,15-25,30,32H,4,6-7,13-14,26-27H2,1-3H3,(H,39,43)/t30-/m1/s1. The Balaban J connectivity index is 1.46. The molecule has 47 heavy (non-hydrogen) atoms. The Hall–Kier alpha value is -4.63. The number of nitrogens with zero attached hydrogens (tertiary/aromatic N) is 2. The molecule has 1 aliphatic carbocycles. The average molecular weight is 654 g/mol. The summed E-state index contributed by atoms with van der Waals surface area (Å²) in [6.07, 6.45) is 5.11. The van der Waals surface area contributed by atoms with Crippen LogP contribution in [0.3, 0.4) is 0 Å². The van der Waals surface area contributed by atoms with Gasteiger partial charge in [-0.25, -0.2) is 8.42 Å². The second kappa shape index (κ2) is 15.3. The van der Waals surface area contributed by atoms with Gasteiger partial charge in [0.05, 0.1) is 10.6 Å². The van der Waals surface area contributed by atoms with E-state index in [9.17, 15) is 18.0 Å². The highest BCUT2D eigenvalue weighted by Crippen LogP contribution is 2.29. The Morgan fingerprint density at radius 3 is 2.13 bits per heavy atom. The topological polar surface area (TPSA) is 96.0 Å². The smallest absolute Gasteiger partial charge is 0.264 e. The minimum absolute atomic E-state index is 0.0637. The summed E-state index contributed by atoms with van der Waals surface area (Å²) in [4.78, 5) is 29.4. The molecule has 0 radical (unpaired) electrons. The maximum absolute atomic E-state index is 14.3. The van der Waals surface area contributed by atoms with Gasteiger partial charge in [-0.1, -0.05) is 85.0 Å². The van der Waals surface area contributed by atoms with Crippen LogP contribution >= 0.6 is 0 Å². The molecule has 2 amide bonds. The SMILES string of the molecule is Cc1ccc(S(=O)(=O)N(CC(=O)N(Cc2cccc(C)c2)[C@H](C)C(=O)NC2CCCCC2)c2ccc(Oc3ccccc3)cc2)cc1. The Bertz CT molecular complexity index is 1750. The molecule has 1 aliphatic rings. The first-order valence-corrected chi connectivity index (χ1v) is 17.6. The number of carbonyl (C=O) groups is 2. The molecule has 4 aromatic carbocycles. The first-order valence-electron chi connectivity index (χ1n) is 16.2. The van der Waals surface area contributed by atoms with E-state index in [1.54, 1.807) is 55.5 Å². The van der Waals surface area contributed by atoms with Crippen LogP contribution in [0.2, 0.25) is 0 Å². The Kier molecular flexibility index (Phi) is 11.0. The molecular formula is C38H43N3O5S. The molecule has 1 N–H and O–H groups in total. The van der Waals surface area contributed by atoms with Crippen LogP contribution in [0.4, 0.5) is 5.69 Å². The van der Waals surface area contributed by atoms with E-state index in [4.69, 9.17) is 4.74 Å². The molecule has 1 fully saturated rings. The summed E-state index contributed by atoms with van der Waals surface area (Å²) < 4.78 is 35.4. The molecule has 0 heterocycles. The van der Waals surface area contributed by atoms with Crippen LogP contribution < -0.4 is 14.4 Å². The van der Waals surface area contributed by atoms with E-state index in [0.29, 0.717) is 17.2 Å². The molecule has 0 aromatic heterocycles. The number of benzene rings is 4. The largest absolute Gasteiger partial charge is 0.457 e. The number of hydrogen-bond donors (Lipinski definition) is 1. The third-order valence-electron chi connectivity index (χ3n) is 8.55. The van der Waals surface area contributed by atoms with E-state index in [1.807, 2.05) is 68.4 Å². The maximum atomic E-state index is 14.3. The van der Waals surface area contributed by atoms with Gasteiger partial charge in [0.2, 0.25) is 11.8 Å². The van der Waals surface area contributed by atoms with Gasteiger partial charge in [0.25, 0.3) is 10.0 Å². The van der Waals surface area contributed by atoms with Gasteiger partial charge in [0.1, 0.15) is 24.1 Å². The first-order chi connectivity index (χ1) is 22.6.